The van der Waals surface area contributed by atoms with Crippen LogP contribution in [0.5, 0.6) is 0 Å². The van der Waals surface area contributed by atoms with Crippen LogP contribution in [0.1, 0.15) is 11.1 Å². The van der Waals surface area contributed by atoms with E-state index < -0.39 is 0 Å². The summed E-state index contributed by atoms with van der Waals surface area (Å²) in [4.78, 5) is 0. The van der Waals surface area contributed by atoms with Crippen LogP contribution in [0.15, 0.2) is 34.8 Å². The number of rotatable bonds is 0. The minimum Gasteiger partial charge on any atom is -0.0835 e. The Hall–Kier alpha value is -0.560. The van der Waals surface area contributed by atoms with Crippen LogP contribution < -0.4 is 0 Å². The lowest BCUT2D eigenvalue weighted by molar-refractivity contribution is 1.19. The highest BCUT2D eigenvalue weighted by atomic mass is 79.9. The molecule has 1 aliphatic carbocycles. The number of hydrogen-bond acceptors (Lipinski definition) is 0. The van der Waals surface area contributed by atoms with Crippen molar-refractivity contribution in [3.63, 3.8) is 0 Å². The van der Waals surface area contributed by atoms with Gasteiger partial charge in [-0.1, -0.05) is 34.1 Å². The van der Waals surface area contributed by atoms with Gasteiger partial charge in [0.05, 0.1) is 0 Å². The summed E-state index contributed by atoms with van der Waals surface area (Å²) in [5.41, 5.74) is 2.75. The Morgan fingerprint density at radius 3 is 3.09 bits per heavy atom. The number of halogens is 1. The van der Waals surface area contributed by atoms with Crippen LogP contribution in [-0.2, 0) is 6.42 Å². The van der Waals surface area contributed by atoms with Crippen LogP contribution in [0.4, 0.5) is 0 Å². The summed E-state index contributed by atoms with van der Waals surface area (Å²) in [5, 5.41) is 0. The normalized spacial score (nSPS) is 14.6. The highest BCUT2D eigenvalue weighted by Gasteiger charge is 2.03. The Morgan fingerprint density at radius 2 is 2.18 bits per heavy atom. The van der Waals surface area contributed by atoms with Gasteiger partial charge in [0.2, 0.25) is 0 Å². The van der Waals surface area contributed by atoms with Gasteiger partial charge in [0.15, 0.2) is 0 Å². The first-order chi connectivity index (χ1) is 5.36. The molecule has 0 saturated heterocycles. The molecule has 0 aromatic heterocycles. The smallest absolute Gasteiger partial charge is 0.0178 e. The maximum atomic E-state index is 3.45. The second-order valence-electron chi connectivity index (χ2n) is 2.64. The van der Waals surface area contributed by atoms with Crippen LogP contribution >= 0.6 is 15.9 Å². The monoisotopic (exact) mass is 207 g/mol. The molecule has 0 bridgehead atoms. The second kappa shape index (κ2) is 2.82. The number of fused-ring (bicyclic) bond motifs is 1. The Morgan fingerprint density at radius 1 is 1.27 bits per heavy atom. The van der Waals surface area contributed by atoms with E-state index in [9.17, 15) is 0 Å². The number of benzene rings is 1. The van der Waals surface area contributed by atoms with E-state index in [1.807, 2.05) is 0 Å². The molecule has 0 atom stereocenters. The molecule has 0 heterocycles. The lowest BCUT2D eigenvalue weighted by Crippen LogP contribution is -1.94. The summed E-state index contributed by atoms with van der Waals surface area (Å²) >= 11 is 3.45. The Labute approximate surface area is 75.1 Å². The Kier molecular flexibility index (Phi) is 1.82. The third kappa shape index (κ3) is 1.38. The molecule has 1 radical (unpaired) electrons. The second-order valence-corrected chi connectivity index (χ2v) is 3.56. The fourth-order valence-corrected chi connectivity index (χ4v) is 1.69. The number of allylic oxidation sites excluding steroid dienone is 2. The van der Waals surface area contributed by atoms with Gasteiger partial charge in [0.1, 0.15) is 0 Å². The van der Waals surface area contributed by atoms with E-state index in [2.05, 4.69) is 52.7 Å². The standard InChI is InChI=1S/C10H8Br/c11-10-6-5-8-3-1-2-4-9(8)7-10/h1-3,5-7H,4H2. The van der Waals surface area contributed by atoms with E-state index in [1.54, 1.807) is 0 Å². The zero-order valence-electron chi connectivity index (χ0n) is 6.05. The highest BCUT2D eigenvalue weighted by Crippen LogP contribution is 2.21. The SMILES string of the molecule is Brc1ccc2c(c1)CC=C[CH]2. The average Bonchev–Trinajstić information content (AvgIpc) is 2.04. The molecule has 1 aromatic rings. The summed E-state index contributed by atoms with van der Waals surface area (Å²) in [5.74, 6) is 0. The van der Waals surface area contributed by atoms with Gasteiger partial charge in [-0.3, -0.25) is 0 Å². The molecule has 1 aromatic carbocycles. The Bertz CT molecular complexity index is 300. The molecule has 0 N–H and O–H groups in total. The van der Waals surface area contributed by atoms with Gasteiger partial charge in [-0.25, -0.2) is 0 Å². The molecule has 0 spiro atoms. The van der Waals surface area contributed by atoms with Gasteiger partial charge in [-0.2, -0.15) is 0 Å². The lowest BCUT2D eigenvalue weighted by atomic mass is 9.97. The van der Waals surface area contributed by atoms with Gasteiger partial charge in [-0.15, -0.1) is 0 Å². The van der Waals surface area contributed by atoms with E-state index in [-0.39, 0.29) is 0 Å². The molecule has 1 aliphatic rings. The van der Waals surface area contributed by atoms with Crippen molar-refractivity contribution in [3.8, 4) is 0 Å². The van der Waals surface area contributed by atoms with Crippen LogP contribution in [-0.4, -0.2) is 0 Å². The van der Waals surface area contributed by atoms with E-state index in [0.717, 1.165) is 6.42 Å². The molecular weight excluding hydrogens is 200 g/mol. The lowest BCUT2D eigenvalue weighted by Gasteiger charge is -2.09. The molecule has 0 amide bonds. The van der Waals surface area contributed by atoms with Crippen LogP contribution in [0.2, 0.25) is 0 Å². The van der Waals surface area contributed by atoms with Crippen molar-refractivity contribution in [1.82, 2.24) is 0 Å². The molecular formula is C10H8Br. The summed E-state index contributed by atoms with van der Waals surface area (Å²) < 4.78 is 1.17. The van der Waals surface area contributed by atoms with Gasteiger partial charge < -0.3 is 0 Å². The van der Waals surface area contributed by atoms with E-state index in [1.165, 1.54) is 15.6 Å². The van der Waals surface area contributed by atoms with Crippen molar-refractivity contribution in [2.24, 2.45) is 0 Å². The molecule has 2 rings (SSSR count). The van der Waals surface area contributed by atoms with Gasteiger partial charge in [-0.05, 0) is 29.7 Å². The van der Waals surface area contributed by atoms with E-state index in [0.29, 0.717) is 0 Å². The summed E-state index contributed by atoms with van der Waals surface area (Å²) in [7, 11) is 0. The summed E-state index contributed by atoms with van der Waals surface area (Å²) in [6.07, 6.45) is 7.49. The fraction of sp³-hybridized carbons (Fsp3) is 0.100. The predicted octanol–water partition coefficient (Wildman–Crippen LogP) is 3.11. The minimum atomic E-state index is 1.06. The molecule has 55 valence electrons. The van der Waals surface area contributed by atoms with E-state index >= 15 is 0 Å². The first kappa shape index (κ1) is 7.11. The van der Waals surface area contributed by atoms with Gasteiger partial charge in [0, 0.05) is 10.9 Å². The largest absolute Gasteiger partial charge is 0.0835 e. The molecule has 0 aliphatic heterocycles. The fourth-order valence-electron chi connectivity index (χ4n) is 1.28. The maximum absolute atomic E-state index is 3.45. The first-order valence-corrected chi connectivity index (χ1v) is 4.44. The molecule has 0 unspecified atom stereocenters. The summed E-state index contributed by atoms with van der Waals surface area (Å²) in [6, 6.07) is 6.40. The highest BCUT2D eigenvalue weighted by molar-refractivity contribution is 9.10. The average molecular weight is 208 g/mol. The van der Waals surface area contributed by atoms with Crippen molar-refractivity contribution in [2.45, 2.75) is 6.42 Å². The summed E-state index contributed by atoms with van der Waals surface area (Å²) in [6.45, 7) is 0. The van der Waals surface area contributed by atoms with Gasteiger partial charge >= 0.3 is 0 Å². The third-order valence-electron chi connectivity index (χ3n) is 1.85. The molecule has 1 heteroatoms. The number of hydrogen-bond donors (Lipinski definition) is 0. The van der Waals surface area contributed by atoms with E-state index in [4.69, 9.17) is 0 Å². The molecule has 11 heavy (non-hydrogen) atoms. The van der Waals surface area contributed by atoms with Crippen LogP contribution in [0.3, 0.4) is 0 Å². The molecule has 0 fully saturated rings. The zero-order chi connectivity index (χ0) is 7.68. The molecule has 0 nitrogen and oxygen atoms in total. The van der Waals surface area contributed by atoms with Crippen molar-refractivity contribution in [3.05, 3.63) is 52.4 Å². The topological polar surface area (TPSA) is 0 Å². The first-order valence-electron chi connectivity index (χ1n) is 3.64. The van der Waals surface area contributed by atoms with Crippen molar-refractivity contribution >= 4 is 15.9 Å². The van der Waals surface area contributed by atoms with Crippen molar-refractivity contribution in [1.29, 1.82) is 0 Å². The molecule has 0 saturated carbocycles. The maximum Gasteiger partial charge on any atom is 0.0178 e. The van der Waals surface area contributed by atoms with Crippen molar-refractivity contribution in [2.75, 3.05) is 0 Å². The van der Waals surface area contributed by atoms with Gasteiger partial charge in [0.25, 0.3) is 0 Å². The predicted molar refractivity (Wildman–Crippen MR) is 50.4 cm³/mol. The van der Waals surface area contributed by atoms with Crippen LogP contribution in [0, 0.1) is 6.42 Å². The quantitative estimate of drug-likeness (QED) is 0.614. The zero-order valence-corrected chi connectivity index (χ0v) is 7.64. The Balaban J connectivity index is 2.48. The van der Waals surface area contributed by atoms with Crippen LogP contribution in [0.25, 0.3) is 0 Å². The third-order valence-corrected chi connectivity index (χ3v) is 2.35. The minimum absolute atomic E-state index is 1.06. The van der Waals surface area contributed by atoms with Crippen molar-refractivity contribution < 1.29 is 0 Å².